The van der Waals surface area contributed by atoms with E-state index in [9.17, 15) is 9.00 Å². The molecule has 0 fully saturated rings. The van der Waals surface area contributed by atoms with Crippen LogP contribution < -0.4 is 10.6 Å². The zero-order valence-electron chi connectivity index (χ0n) is 8.42. The molecule has 0 rings (SSSR count). The van der Waals surface area contributed by atoms with Crippen LogP contribution in [-0.4, -0.2) is 34.8 Å². The third-order valence-corrected chi connectivity index (χ3v) is 2.37. The molecular formula is C8H18N2O2S. The first-order valence-corrected chi connectivity index (χ1v) is 6.13. The third kappa shape index (κ3) is 7.77. The molecule has 0 spiro atoms. The van der Waals surface area contributed by atoms with Gasteiger partial charge in [0, 0.05) is 35.4 Å². The van der Waals surface area contributed by atoms with Gasteiger partial charge >= 0.3 is 6.03 Å². The molecule has 13 heavy (non-hydrogen) atoms. The normalized spacial score (nSPS) is 14.7. The van der Waals surface area contributed by atoms with Crippen molar-refractivity contribution in [3.63, 3.8) is 0 Å². The van der Waals surface area contributed by atoms with Gasteiger partial charge in [0.2, 0.25) is 0 Å². The van der Waals surface area contributed by atoms with Crippen LogP contribution in [-0.2, 0) is 10.8 Å². The largest absolute Gasteiger partial charge is 0.338 e. The molecule has 2 atom stereocenters. The minimum absolute atomic E-state index is 0.0392. The lowest BCUT2D eigenvalue weighted by Crippen LogP contribution is -2.43. The van der Waals surface area contributed by atoms with Gasteiger partial charge in [0.25, 0.3) is 0 Å². The van der Waals surface area contributed by atoms with E-state index in [-0.39, 0.29) is 12.1 Å². The monoisotopic (exact) mass is 206 g/mol. The molecule has 2 unspecified atom stereocenters. The SMILES string of the molecule is CCCNC(=O)NC(C)CS(C)=O. The van der Waals surface area contributed by atoms with Gasteiger partial charge in [0.15, 0.2) is 0 Å². The van der Waals surface area contributed by atoms with Crippen molar-refractivity contribution >= 4 is 16.8 Å². The maximum absolute atomic E-state index is 11.1. The second-order valence-corrected chi connectivity index (χ2v) is 4.52. The molecule has 0 radical (unpaired) electrons. The van der Waals surface area contributed by atoms with Crippen LogP contribution in [0.2, 0.25) is 0 Å². The summed E-state index contributed by atoms with van der Waals surface area (Å²) < 4.78 is 10.8. The fourth-order valence-corrected chi connectivity index (χ4v) is 1.69. The summed E-state index contributed by atoms with van der Waals surface area (Å²) in [4.78, 5) is 11.1. The lowest BCUT2D eigenvalue weighted by atomic mass is 10.4. The molecule has 0 saturated heterocycles. The molecule has 0 saturated carbocycles. The van der Waals surface area contributed by atoms with Crippen LogP contribution in [0.5, 0.6) is 0 Å². The standard InChI is InChI=1S/C8H18N2O2S/c1-4-5-9-8(11)10-7(2)6-13(3)12/h7H,4-6H2,1-3H3,(H2,9,10,11). The molecule has 0 bridgehead atoms. The molecule has 2 amide bonds. The number of hydrogen-bond acceptors (Lipinski definition) is 2. The summed E-state index contributed by atoms with van der Waals surface area (Å²) >= 11 is 0. The fraction of sp³-hybridized carbons (Fsp3) is 0.875. The van der Waals surface area contributed by atoms with E-state index in [1.54, 1.807) is 6.26 Å². The van der Waals surface area contributed by atoms with E-state index in [0.717, 1.165) is 6.42 Å². The number of rotatable bonds is 5. The summed E-state index contributed by atoms with van der Waals surface area (Å²) in [5.41, 5.74) is 0. The molecule has 0 aliphatic carbocycles. The molecule has 0 aliphatic rings. The van der Waals surface area contributed by atoms with Crippen molar-refractivity contribution in [2.75, 3.05) is 18.6 Å². The molecule has 0 aliphatic heterocycles. The molecule has 4 nitrogen and oxygen atoms in total. The third-order valence-electron chi connectivity index (χ3n) is 1.40. The first-order chi connectivity index (χ1) is 6.06. The topological polar surface area (TPSA) is 58.2 Å². The number of carbonyl (C=O) groups is 1. The number of urea groups is 1. The Kier molecular flexibility index (Phi) is 6.58. The first kappa shape index (κ1) is 12.4. The summed E-state index contributed by atoms with van der Waals surface area (Å²) in [5.74, 6) is 0.500. The van der Waals surface area contributed by atoms with Crippen molar-refractivity contribution in [3.8, 4) is 0 Å². The second-order valence-electron chi connectivity index (χ2n) is 3.04. The Balaban J connectivity index is 3.59. The maximum Gasteiger partial charge on any atom is 0.315 e. The van der Waals surface area contributed by atoms with Gasteiger partial charge < -0.3 is 10.6 Å². The van der Waals surface area contributed by atoms with Gasteiger partial charge in [0.1, 0.15) is 0 Å². The average molecular weight is 206 g/mol. The van der Waals surface area contributed by atoms with Crippen LogP contribution in [0.1, 0.15) is 20.3 Å². The van der Waals surface area contributed by atoms with Crippen molar-refractivity contribution in [1.82, 2.24) is 10.6 Å². The summed E-state index contributed by atoms with van der Waals surface area (Å²) in [5, 5.41) is 5.39. The number of hydrogen-bond donors (Lipinski definition) is 2. The van der Waals surface area contributed by atoms with Gasteiger partial charge in [-0.25, -0.2) is 4.79 Å². The highest BCUT2D eigenvalue weighted by atomic mass is 32.2. The van der Waals surface area contributed by atoms with Crippen molar-refractivity contribution in [2.45, 2.75) is 26.3 Å². The van der Waals surface area contributed by atoms with E-state index in [1.165, 1.54) is 0 Å². The summed E-state index contributed by atoms with van der Waals surface area (Å²) in [6, 6.07) is -0.220. The quantitative estimate of drug-likeness (QED) is 0.686. The molecule has 2 N–H and O–H groups in total. The minimum atomic E-state index is -0.860. The van der Waals surface area contributed by atoms with E-state index in [4.69, 9.17) is 0 Å². The molecular weight excluding hydrogens is 188 g/mol. The molecule has 0 aromatic carbocycles. The van der Waals surface area contributed by atoms with Crippen molar-refractivity contribution in [1.29, 1.82) is 0 Å². The van der Waals surface area contributed by atoms with Crippen LogP contribution in [0.25, 0.3) is 0 Å². The number of nitrogens with one attached hydrogen (secondary N) is 2. The van der Waals surface area contributed by atoms with Crippen molar-refractivity contribution in [2.24, 2.45) is 0 Å². The maximum atomic E-state index is 11.1. The van der Waals surface area contributed by atoms with E-state index >= 15 is 0 Å². The number of carbonyl (C=O) groups excluding carboxylic acids is 1. The Bertz CT molecular complexity index is 185. The van der Waals surface area contributed by atoms with Crippen LogP contribution in [0, 0.1) is 0 Å². The Morgan fingerprint density at radius 1 is 1.54 bits per heavy atom. The Morgan fingerprint density at radius 2 is 2.15 bits per heavy atom. The fourth-order valence-electron chi connectivity index (χ4n) is 0.907. The minimum Gasteiger partial charge on any atom is -0.338 e. The molecule has 5 heteroatoms. The molecule has 0 aromatic rings. The van der Waals surface area contributed by atoms with Gasteiger partial charge in [-0.3, -0.25) is 4.21 Å². The molecule has 0 heterocycles. The Morgan fingerprint density at radius 3 is 2.62 bits per heavy atom. The van der Waals surface area contributed by atoms with Gasteiger partial charge in [-0.05, 0) is 13.3 Å². The lowest BCUT2D eigenvalue weighted by molar-refractivity contribution is 0.238. The van der Waals surface area contributed by atoms with Gasteiger partial charge in [0.05, 0.1) is 0 Å². The average Bonchev–Trinajstić information content (AvgIpc) is 1.98. The smallest absolute Gasteiger partial charge is 0.315 e. The predicted octanol–water partition coefficient (Wildman–Crippen LogP) is 0.463. The van der Waals surface area contributed by atoms with Crippen LogP contribution in [0.4, 0.5) is 4.79 Å². The van der Waals surface area contributed by atoms with Crippen LogP contribution in [0.3, 0.4) is 0 Å². The molecule has 78 valence electrons. The van der Waals surface area contributed by atoms with Crippen molar-refractivity contribution < 1.29 is 9.00 Å². The van der Waals surface area contributed by atoms with E-state index in [0.29, 0.717) is 12.3 Å². The van der Waals surface area contributed by atoms with Gasteiger partial charge in [-0.1, -0.05) is 6.92 Å². The highest BCUT2D eigenvalue weighted by Gasteiger charge is 2.07. The summed E-state index contributed by atoms with van der Waals surface area (Å²) in [6.45, 7) is 4.51. The van der Waals surface area contributed by atoms with Gasteiger partial charge in [-0.15, -0.1) is 0 Å². The summed E-state index contributed by atoms with van der Waals surface area (Å²) in [7, 11) is -0.860. The zero-order valence-corrected chi connectivity index (χ0v) is 9.24. The zero-order chi connectivity index (χ0) is 10.3. The lowest BCUT2D eigenvalue weighted by Gasteiger charge is -2.12. The van der Waals surface area contributed by atoms with Crippen LogP contribution >= 0.6 is 0 Å². The van der Waals surface area contributed by atoms with Crippen molar-refractivity contribution in [3.05, 3.63) is 0 Å². The number of amides is 2. The van der Waals surface area contributed by atoms with E-state index < -0.39 is 10.8 Å². The van der Waals surface area contributed by atoms with E-state index in [1.807, 2.05) is 13.8 Å². The Hall–Kier alpha value is -0.580. The van der Waals surface area contributed by atoms with E-state index in [2.05, 4.69) is 10.6 Å². The highest BCUT2D eigenvalue weighted by Crippen LogP contribution is 1.85. The molecule has 0 aromatic heterocycles. The Labute approximate surface area is 81.9 Å². The summed E-state index contributed by atoms with van der Waals surface area (Å²) in [6.07, 6.45) is 2.55. The van der Waals surface area contributed by atoms with Gasteiger partial charge in [-0.2, -0.15) is 0 Å². The highest BCUT2D eigenvalue weighted by molar-refractivity contribution is 7.84. The second kappa shape index (κ2) is 6.88. The first-order valence-electron chi connectivity index (χ1n) is 4.40. The van der Waals surface area contributed by atoms with Crippen LogP contribution in [0.15, 0.2) is 0 Å². The predicted molar refractivity (Wildman–Crippen MR) is 55.2 cm³/mol.